The number of fused-ring (bicyclic) bond motifs is 4. The van der Waals surface area contributed by atoms with E-state index in [1.165, 1.54) is 44.5 Å². The molecule has 4 aromatic carbocycles. The van der Waals surface area contributed by atoms with Gasteiger partial charge < -0.3 is 24.8 Å². The molecule has 0 nitrogen and oxygen atoms in total. The molecule has 0 aliphatic heterocycles. The van der Waals surface area contributed by atoms with E-state index in [1.807, 2.05) is 0 Å². The van der Waals surface area contributed by atoms with Crippen LogP contribution in [-0.4, -0.2) is 5.92 Å². The molecule has 2 aliphatic rings. The quantitative estimate of drug-likeness (QED) is 0.297. The molecule has 192 valence electrons. The Hall–Kier alpha value is -1.70. The zero-order valence-corrected chi connectivity index (χ0v) is 27.9. The Morgan fingerprint density at radius 3 is 2.08 bits per heavy atom. The summed E-state index contributed by atoms with van der Waals surface area (Å²) in [7, 11) is 0. The van der Waals surface area contributed by atoms with Crippen LogP contribution in [0.5, 0.6) is 0 Å². The fraction of sp³-hybridized carbons (Fsp3) is 0.235. The third-order valence-electron chi connectivity index (χ3n) is 8.03. The van der Waals surface area contributed by atoms with Gasteiger partial charge in [0.15, 0.2) is 0 Å². The van der Waals surface area contributed by atoms with Crippen molar-refractivity contribution in [3.63, 3.8) is 0 Å². The molecule has 4 heteroatoms. The van der Waals surface area contributed by atoms with Crippen molar-refractivity contribution in [3.8, 4) is 22.3 Å². The van der Waals surface area contributed by atoms with Crippen LogP contribution in [0.2, 0.25) is 13.1 Å². The van der Waals surface area contributed by atoms with Gasteiger partial charge in [0, 0.05) is 0 Å². The monoisotopic (exact) mass is 630 g/mol. The van der Waals surface area contributed by atoms with Crippen LogP contribution >= 0.6 is 0 Å². The summed E-state index contributed by atoms with van der Waals surface area (Å²) in [5.74, 6) is -0.219. The minimum Gasteiger partial charge on any atom is -1.00 e. The van der Waals surface area contributed by atoms with Gasteiger partial charge in [-0.2, -0.15) is 0 Å². The molecule has 0 aromatic heterocycles. The molecule has 0 bridgehead atoms. The van der Waals surface area contributed by atoms with Gasteiger partial charge in [-0.15, -0.1) is 0 Å². The average molecular weight is 633 g/mol. The van der Waals surface area contributed by atoms with E-state index >= 15 is 0 Å². The Morgan fingerprint density at radius 2 is 1.37 bits per heavy atom. The van der Waals surface area contributed by atoms with Gasteiger partial charge in [0.05, 0.1) is 0 Å². The predicted molar refractivity (Wildman–Crippen MR) is 154 cm³/mol. The Bertz CT molecular complexity index is 1520. The van der Waals surface area contributed by atoms with Gasteiger partial charge in [-0.25, -0.2) is 0 Å². The molecule has 0 heterocycles. The van der Waals surface area contributed by atoms with Crippen LogP contribution in [0.4, 0.5) is 0 Å². The molecule has 2 aliphatic carbocycles. The summed E-state index contributed by atoms with van der Waals surface area (Å²) in [5, 5.41) is 0. The minimum atomic E-state index is -0.590. The van der Waals surface area contributed by atoms with Crippen molar-refractivity contribution in [1.82, 2.24) is 0 Å². The fourth-order valence-electron chi connectivity index (χ4n) is 6.54. The molecule has 6 rings (SSSR count). The maximum Gasteiger partial charge on any atom is -1.00 e. The average Bonchev–Trinajstić information content (AvgIpc) is 3.40. The maximum atomic E-state index is 2.58. The summed E-state index contributed by atoms with van der Waals surface area (Å²) >= 11 is -0.519. The zero-order chi connectivity index (χ0) is 25.0. The van der Waals surface area contributed by atoms with Gasteiger partial charge in [0.1, 0.15) is 0 Å². The van der Waals surface area contributed by atoms with E-state index in [9.17, 15) is 0 Å². The van der Waals surface area contributed by atoms with Gasteiger partial charge in [-0.3, -0.25) is 0 Å². The van der Waals surface area contributed by atoms with E-state index in [2.05, 4.69) is 119 Å². The van der Waals surface area contributed by atoms with Crippen molar-refractivity contribution >= 4 is 12.0 Å². The number of benzene rings is 4. The van der Waals surface area contributed by atoms with Crippen molar-refractivity contribution in [3.05, 3.63) is 123 Å². The number of hydrogen-bond acceptors (Lipinski definition) is 0. The number of hydrogen-bond donors (Lipinski definition) is 0. The minimum absolute atomic E-state index is 0. The molecule has 2 unspecified atom stereocenters. The topological polar surface area (TPSA) is 0 Å². The summed E-state index contributed by atoms with van der Waals surface area (Å²) in [5.41, 5.74) is 17.8. The first-order valence-corrected chi connectivity index (χ1v) is 21.9. The Labute approximate surface area is 252 Å². The molecule has 0 fully saturated rings. The van der Waals surface area contributed by atoms with E-state index in [0.717, 1.165) is 6.42 Å². The van der Waals surface area contributed by atoms with Crippen LogP contribution in [0.25, 0.3) is 28.3 Å². The van der Waals surface area contributed by atoms with Gasteiger partial charge in [0.25, 0.3) is 0 Å². The molecule has 0 saturated carbocycles. The summed E-state index contributed by atoms with van der Waals surface area (Å²) in [4.78, 5) is 0. The summed E-state index contributed by atoms with van der Waals surface area (Å²) in [6, 6.07) is 30.4. The van der Waals surface area contributed by atoms with Crippen molar-refractivity contribution in [2.75, 3.05) is 0 Å². The van der Waals surface area contributed by atoms with Gasteiger partial charge >= 0.3 is 230 Å². The SMILES string of the molecule is CCC1=Cc2c(-c3ccc(C)cc3C)cccc2C1c1cccc2c1[CH]([Zr+2][SiH](C)C)c1ccccc1-2.[Cl-].[Cl-]. The van der Waals surface area contributed by atoms with E-state index in [-0.39, 0.29) is 24.8 Å². The maximum absolute atomic E-state index is 2.58. The molecule has 0 spiro atoms. The number of rotatable bonds is 5. The fourth-order valence-corrected chi connectivity index (χ4v) is 16.4. The molecule has 0 saturated heterocycles. The van der Waals surface area contributed by atoms with Crippen LogP contribution < -0.4 is 24.8 Å². The van der Waals surface area contributed by atoms with Crippen molar-refractivity contribution < 1.29 is 47.2 Å². The van der Waals surface area contributed by atoms with Crippen molar-refractivity contribution in [2.45, 2.75) is 49.8 Å². The zero-order valence-electron chi connectivity index (χ0n) is 22.8. The van der Waals surface area contributed by atoms with Gasteiger partial charge in [-0.1, -0.05) is 0 Å². The van der Waals surface area contributed by atoms with E-state index in [0.29, 0.717) is 9.54 Å². The van der Waals surface area contributed by atoms with Crippen LogP contribution in [0.3, 0.4) is 0 Å². The van der Waals surface area contributed by atoms with Crippen LogP contribution in [0, 0.1) is 13.8 Å². The predicted octanol–water partition coefficient (Wildman–Crippen LogP) is 3.05. The van der Waals surface area contributed by atoms with Crippen molar-refractivity contribution in [2.24, 2.45) is 0 Å². The number of aryl methyl sites for hydroxylation is 2. The number of allylic oxidation sites excluding steroid dienone is 1. The summed E-state index contributed by atoms with van der Waals surface area (Å²) in [6.07, 6.45) is 3.62. The first-order chi connectivity index (χ1) is 17.5. The molecular weight excluding hydrogens is 599 g/mol. The van der Waals surface area contributed by atoms with Crippen LogP contribution in [-0.2, 0) is 22.4 Å². The van der Waals surface area contributed by atoms with Gasteiger partial charge in [0.2, 0.25) is 0 Å². The molecule has 0 amide bonds. The van der Waals surface area contributed by atoms with E-state index < -0.39 is 28.3 Å². The summed E-state index contributed by atoms with van der Waals surface area (Å²) < 4.78 is 0.701. The second-order valence-electron chi connectivity index (χ2n) is 10.8. The first kappa shape index (κ1) is 29.3. The molecule has 2 atom stereocenters. The Kier molecular flexibility index (Phi) is 9.10. The smallest absolute Gasteiger partial charge is 1.00 e. The summed E-state index contributed by atoms with van der Waals surface area (Å²) in [6.45, 7) is 11.9. The third-order valence-corrected chi connectivity index (χ3v) is 17.9. The van der Waals surface area contributed by atoms with E-state index in [1.54, 1.807) is 22.3 Å². The normalized spacial score (nSPS) is 16.5. The second kappa shape index (κ2) is 11.8. The molecule has 0 radical (unpaired) electrons. The van der Waals surface area contributed by atoms with Crippen molar-refractivity contribution in [1.29, 1.82) is 0 Å². The van der Waals surface area contributed by atoms with Crippen LogP contribution in [0.15, 0.2) is 84.4 Å². The molecule has 4 aromatic rings. The standard InChI is InChI=1S/C32H27.C2H7Si.2ClH.Zr/c1-4-22-18-30-26(24-16-15-20(2)17-21(24)3)11-7-13-28(30)32(22)29-14-8-12-27-25-10-6-5-9-23(25)19-31(27)29;1-3-2;;;/h5-19,32H,4H2,1-3H3;3H,1-2H3;2*1H;/q;;;;+2/p-2. The largest absolute Gasteiger partial charge is 1.00 e. The Balaban J connectivity index is 0.00000168. The third kappa shape index (κ3) is 4.88. The Morgan fingerprint density at radius 1 is 0.711 bits per heavy atom. The molecule has 38 heavy (non-hydrogen) atoms. The number of halogens is 2. The molecular formula is C34H34Cl2SiZr. The second-order valence-corrected chi connectivity index (χ2v) is 25.8. The van der Waals surface area contributed by atoms with Crippen LogP contribution in [0.1, 0.15) is 61.8 Å². The van der Waals surface area contributed by atoms with E-state index in [4.69, 9.17) is 0 Å². The first-order valence-electron chi connectivity index (χ1n) is 13.4. The molecule has 0 N–H and O–H groups in total. The van der Waals surface area contributed by atoms with Gasteiger partial charge in [-0.05, 0) is 0 Å².